The van der Waals surface area contributed by atoms with Crippen LogP contribution >= 0.6 is 11.3 Å². The summed E-state index contributed by atoms with van der Waals surface area (Å²) in [5, 5.41) is 0. The maximum atomic E-state index is 13.3. The lowest BCUT2D eigenvalue weighted by Gasteiger charge is -2.08. The molecule has 3 rings (SSSR count). The first kappa shape index (κ1) is 17.3. The molecule has 0 aliphatic rings. The molecule has 0 bridgehead atoms. The molecule has 1 amide bonds. The molecule has 128 valence electrons. The quantitative estimate of drug-likeness (QED) is 0.670. The van der Waals surface area contributed by atoms with Crippen LogP contribution < -0.4 is 4.80 Å². The van der Waals surface area contributed by atoms with Crippen LogP contribution in [0, 0.1) is 5.82 Å². The molecule has 1 aromatic heterocycles. The van der Waals surface area contributed by atoms with E-state index in [1.54, 1.807) is 24.3 Å². The van der Waals surface area contributed by atoms with E-state index in [0.29, 0.717) is 16.9 Å². The number of amides is 1. The van der Waals surface area contributed by atoms with E-state index >= 15 is 0 Å². The summed E-state index contributed by atoms with van der Waals surface area (Å²) in [5.74, 6) is -0.512. The number of halogens is 1. The Kier molecular flexibility index (Phi) is 5.24. The van der Waals surface area contributed by atoms with Gasteiger partial charge in [0.1, 0.15) is 5.82 Å². The fraction of sp³-hybridized carbons (Fsp3) is 0.200. The standard InChI is InChI=1S/C20H19FN2OS/c1-3-17-18(14-10-12-16(21)13-11-14)23(4-2)20(25-17)22-19(24)15-8-6-5-7-9-15/h5-13H,3-4H2,1-2H3. The minimum atomic E-state index is -0.260. The number of carbonyl (C=O) groups excluding carboxylic acids is 1. The molecule has 5 heteroatoms. The van der Waals surface area contributed by atoms with Gasteiger partial charge in [0.25, 0.3) is 5.91 Å². The van der Waals surface area contributed by atoms with Gasteiger partial charge in [-0.1, -0.05) is 25.1 Å². The third-order valence-corrected chi connectivity index (χ3v) is 5.18. The number of aryl methyl sites for hydroxylation is 1. The maximum absolute atomic E-state index is 13.3. The van der Waals surface area contributed by atoms with E-state index in [9.17, 15) is 9.18 Å². The zero-order chi connectivity index (χ0) is 17.8. The summed E-state index contributed by atoms with van der Waals surface area (Å²) >= 11 is 1.51. The van der Waals surface area contributed by atoms with E-state index < -0.39 is 0 Å². The van der Waals surface area contributed by atoms with E-state index in [1.807, 2.05) is 29.7 Å². The molecule has 2 aromatic carbocycles. The van der Waals surface area contributed by atoms with Crippen LogP contribution in [0.5, 0.6) is 0 Å². The van der Waals surface area contributed by atoms with Gasteiger partial charge in [-0.2, -0.15) is 4.99 Å². The van der Waals surface area contributed by atoms with Crippen molar-refractivity contribution < 1.29 is 9.18 Å². The van der Waals surface area contributed by atoms with Gasteiger partial charge in [-0.25, -0.2) is 4.39 Å². The Bertz CT molecular complexity index is 940. The van der Waals surface area contributed by atoms with Gasteiger partial charge in [0.2, 0.25) is 0 Å². The van der Waals surface area contributed by atoms with Crippen LogP contribution in [0.25, 0.3) is 11.3 Å². The van der Waals surface area contributed by atoms with Gasteiger partial charge in [0.05, 0.1) is 5.69 Å². The minimum absolute atomic E-state index is 0.252. The third-order valence-electron chi connectivity index (χ3n) is 3.95. The van der Waals surface area contributed by atoms with Crippen molar-refractivity contribution in [1.82, 2.24) is 4.57 Å². The molecule has 1 heterocycles. The molecule has 0 radical (unpaired) electrons. The summed E-state index contributed by atoms with van der Waals surface area (Å²) < 4.78 is 15.3. The number of thiazole rings is 1. The summed E-state index contributed by atoms with van der Waals surface area (Å²) in [6.07, 6.45) is 0.826. The number of rotatable bonds is 4. The van der Waals surface area contributed by atoms with Crippen molar-refractivity contribution in [2.75, 3.05) is 0 Å². The lowest BCUT2D eigenvalue weighted by molar-refractivity contribution is 0.0998. The van der Waals surface area contributed by atoms with Gasteiger partial charge >= 0.3 is 0 Å². The molecule has 25 heavy (non-hydrogen) atoms. The first-order chi connectivity index (χ1) is 12.1. The Balaban J connectivity index is 2.14. The first-order valence-electron chi connectivity index (χ1n) is 8.26. The van der Waals surface area contributed by atoms with Crippen LogP contribution in [0.2, 0.25) is 0 Å². The highest BCUT2D eigenvalue weighted by Gasteiger charge is 2.15. The second kappa shape index (κ2) is 7.57. The predicted molar refractivity (Wildman–Crippen MR) is 99.1 cm³/mol. The molecule has 0 fully saturated rings. The second-order valence-electron chi connectivity index (χ2n) is 5.54. The van der Waals surface area contributed by atoms with Gasteiger partial charge in [0, 0.05) is 17.0 Å². The van der Waals surface area contributed by atoms with E-state index in [2.05, 4.69) is 11.9 Å². The van der Waals surface area contributed by atoms with E-state index in [4.69, 9.17) is 0 Å². The summed E-state index contributed by atoms with van der Waals surface area (Å²) in [5.41, 5.74) is 2.51. The number of carbonyl (C=O) groups is 1. The fourth-order valence-corrected chi connectivity index (χ4v) is 3.88. The molecule has 0 unspecified atom stereocenters. The van der Waals surface area contributed by atoms with Gasteiger partial charge in [-0.15, -0.1) is 11.3 Å². The molecule has 0 atom stereocenters. The zero-order valence-corrected chi connectivity index (χ0v) is 15.0. The predicted octanol–water partition coefficient (Wildman–Crippen LogP) is 4.68. The van der Waals surface area contributed by atoms with Gasteiger partial charge < -0.3 is 4.57 Å². The minimum Gasteiger partial charge on any atom is -0.316 e. The molecule has 0 aliphatic heterocycles. The van der Waals surface area contributed by atoms with Crippen LogP contribution in [0.3, 0.4) is 0 Å². The Morgan fingerprint density at radius 1 is 1.08 bits per heavy atom. The van der Waals surface area contributed by atoms with Crippen molar-refractivity contribution in [3.05, 3.63) is 75.7 Å². The highest BCUT2D eigenvalue weighted by molar-refractivity contribution is 7.09. The summed E-state index contributed by atoms with van der Waals surface area (Å²) in [6, 6.07) is 15.5. The molecule has 0 spiro atoms. The number of hydrogen-bond donors (Lipinski definition) is 0. The smallest absolute Gasteiger partial charge is 0.279 e. The maximum Gasteiger partial charge on any atom is 0.279 e. The van der Waals surface area contributed by atoms with E-state index in [0.717, 1.165) is 22.6 Å². The van der Waals surface area contributed by atoms with E-state index in [-0.39, 0.29) is 11.7 Å². The van der Waals surface area contributed by atoms with Gasteiger partial charge in [-0.3, -0.25) is 4.79 Å². The van der Waals surface area contributed by atoms with Crippen molar-refractivity contribution in [3.8, 4) is 11.3 Å². The zero-order valence-electron chi connectivity index (χ0n) is 14.2. The Hall–Kier alpha value is -2.53. The SMILES string of the molecule is CCc1sc(=NC(=O)c2ccccc2)n(CC)c1-c1ccc(F)cc1. The lowest BCUT2D eigenvalue weighted by Crippen LogP contribution is -2.17. The summed E-state index contributed by atoms with van der Waals surface area (Å²) in [4.78, 5) is 18.6. The van der Waals surface area contributed by atoms with Crippen LogP contribution in [-0.4, -0.2) is 10.5 Å². The van der Waals surface area contributed by atoms with Crippen LogP contribution in [0.4, 0.5) is 4.39 Å². The molecule has 0 aliphatic carbocycles. The van der Waals surface area contributed by atoms with Gasteiger partial charge in [-0.05, 0) is 55.3 Å². The molecule has 3 aromatic rings. The normalized spacial score (nSPS) is 11.7. The number of nitrogens with zero attached hydrogens (tertiary/aromatic N) is 2. The average Bonchev–Trinajstić information content (AvgIpc) is 3.00. The highest BCUT2D eigenvalue weighted by atomic mass is 32.1. The van der Waals surface area contributed by atoms with Crippen molar-refractivity contribution in [2.45, 2.75) is 26.8 Å². The van der Waals surface area contributed by atoms with Crippen molar-refractivity contribution in [1.29, 1.82) is 0 Å². The number of hydrogen-bond acceptors (Lipinski definition) is 2. The molecule has 3 nitrogen and oxygen atoms in total. The Morgan fingerprint density at radius 3 is 2.36 bits per heavy atom. The highest BCUT2D eigenvalue weighted by Crippen LogP contribution is 2.26. The second-order valence-corrected chi connectivity index (χ2v) is 6.61. The average molecular weight is 354 g/mol. The van der Waals surface area contributed by atoms with Crippen LogP contribution in [0.15, 0.2) is 59.6 Å². The summed E-state index contributed by atoms with van der Waals surface area (Å²) in [7, 11) is 0. The molecule has 0 N–H and O–H groups in total. The van der Waals surface area contributed by atoms with Crippen molar-refractivity contribution in [3.63, 3.8) is 0 Å². The van der Waals surface area contributed by atoms with E-state index in [1.165, 1.54) is 23.5 Å². The Labute approximate surface area is 150 Å². The largest absolute Gasteiger partial charge is 0.316 e. The van der Waals surface area contributed by atoms with Crippen LogP contribution in [0.1, 0.15) is 29.1 Å². The fourth-order valence-electron chi connectivity index (χ4n) is 2.73. The first-order valence-corrected chi connectivity index (χ1v) is 9.08. The monoisotopic (exact) mass is 354 g/mol. The molecule has 0 saturated heterocycles. The molecular formula is C20H19FN2OS. The lowest BCUT2D eigenvalue weighted by atomic mass is 10.1. The number of aromatic nitrogens is 1. The van der Waals surface area contributed by atoms with Crippen LogP contribution in [-0.2, 0) is 13.0 Å². The number of benzene rings is 2. The van der Waals surface area contributed by atoms with Crippen molar-refractivity contribution >= 4 is 17.2 Å². The summed E-state index contributed by atoms with van der Waals surface area (Å²) in [6.45, 7) is 4.77. The Morgan fingerprint density at radius 2 is 1.76 bits per heavy atom. The molecule has 0 saturated carbocycles. The van der Waals surface area contributed by atoms with Crippen molar-refractivity contribution in [2.24, 2.45) is 4.99 Å². The third kappa shape index (κ3) is 3.61. The topological polar surface area (TPSA) is 34.4 Å². The molecular weight excluding hydrogens is 335 g/mol. The van der Waals surface area contributed by atoms with Gasteiger partial charge in [0.15, 0.2) is 4.80 Å².